The van der Waals surface area contributed by atoms with Gasteiger partial charge in [-0.15, -0.1) is 0 Å². The highest BCUT2D eigenvalue weighted by Crippen LogP contribution is 2.29. The normalized spacial score (nSPS) is 11.1. The fourth-order valence-corrected chi connectivity index (χ4v) is 2.65. The highest BCUT2D eigenvalue weighted by atomic mass is 16.4. The molecule has 0 atom stereocenters. The first-order valence-electron chi connectivity index (χ1n) is 7.97. The Kier molecular flexibility index (Phi) is 5.85. The van der Waals surface area contributed by atoms with E-state index >= 15 is 0 Å². The lowest BCUT2D eigenvalue weighted by Crippen LogP contribution is -1.95. The van der Waals surface area contributed by atoms with Crippen LogP contribution in [0.25, 0.3) is 11.0 Å². The van der Waals surface area contributed by atoms with Crippen LogP contribution >= 0.6 is 0 Å². The summed E-state index contributed by atoms with van der Waals surface area (Å²) in [5.41, 5.74) is 0.995. The van der Waals surface area contributed by atoms with Crippen LogP contribution in [0.5, 0.6) is 5.75 Å². The summed E-state index contributed by atoms with van der Waals surface area (Å²) in [4.78, 5) is 11.2. The average Bonchev–Trinajstić information content (AvgIpc) is 2.48. The van der Waals surface area contributed by atoms with Gasteiger partial charge in [0.15, 0.2) is 0 Å². The van der Waals surface area contributed by atoms with Crippen molar-refractivity contribution in [3.05, 3.63) is 40.2 Å². The summed E-state index contributed by atoms with van der Waals surface area (Å²) in [5.74, 6) is 0.252. The standard InChI is InChI=1S/C18H24O3/c1-2-3-4-5-6-7-8-9-14-10-12-16-15(18(14)20)11-13-17(19)21-16/h10-13,20H,2-9H2,1H3. The molecule has 2 aromatic rings. The number of unbranched alkanes of at least 4 members (excludes halogenated alkanes) is 6. The first kappa shape index (κ1) is 15.6. The van der Waals surface area contributed by atoms with Crippen molar-refractivity contribution in [3.63, 3.8) is 0 Å². The van der Waals surface area contributed by atoms with E-state index in [9.17, 15) is 9.90 Å². The van der Waals surface area contributed by atoms with E-state index in [0.717, 1.165) is 18.4 Å². The molecule has 0 unspecified atom stereocenters. The molecule has 1 aromatic carbocycles. The molecule has 2 rings (SSSR count). The fraction of sp³-hybridized carbons (Fsp3) is 0.500. The highest BCUT2D eigenvalue weighted by molar-refractivity contribution is 5.84. The van der Waals surface area contributed by atoms with E-state index in [0.29, 0.717) is 11.0 Å². The summed E-state index contributed by atoms with van der Waals surface area (Å²) in [7, 11) is 0. The topological polar surface area (TPSA) is 50.4 Å². The molecule has 0 aliphatic heterocycles. The van der Waals surface area contributed by atoms with Crippen LogP contribution in [0.3, 0.4) is 0 Å². The molecular formula is C18H24O3. The Hall–Kier alpha value is -1.77. The number of phenolic OH excluding ortho intramolecular Hbond substituents is 1. The van der Waals surface area contributed by atoms with Gasteiger partial charge in [-0.3, -0.25) is 0 Å². The summed E-state index contributed by atoms with van der Waals surface area (Å²) >= 11 is 0. The molecule has 0 saturated carbocycles. The minimum Gasteiger partial charge on any atom is -0.507 e. The van der Waals surface area contributed by atoms with Gasteiger partial charge in [0.2, 0.25) is 0 Å². The van der Waals surface area contributed by atoms with Crippen molar-refractivity contribution in [2.75, 3.05) is 0 Å². The van der Waals surface area contributed by atoms with Gasteiger partial charge in [0, 0.05) is 6.07 Å². The predicted molar refractivity (Wildman–Crippen MR) is 85.8 cm³/mol. The number of phenols is 1. The lowest BCUT2D eigenvalue weighted by Gasteiger charge is -2.07. The zero-order valence-corrected chi connectivity index (χ0v) is 12.7. The molecule has 0 aliphatic rings. The first-order chi connectivity index (χ1) is 10.2. The molecule has 0 spiro atoms. The molecule has 0 fully saturated rings. The average molecular weight is 288 g/mol. The van der Waals surface area contributed by atoms with Gasteiger partial charge in [-0.25, -0.2) is 4.79 Å². The number of fused-ring (bicyclic) bond motifs is 1. The first-order valence-corrected chi connectivity index (χ1v) is 7.97. The smallest absolute Gasteiger partial charge is 0.336 e. The van der Waals surface area contributed by atoms with Gasteiger partial charge >= 0.3 is 5.63 Å². The van der Waals surface area contributed by atoms with Crippen molar-refractivity contribution in [1.29, 1.82) is 0 Å². The van der Waals surface area contributed by atoms with Gasteiger partial charge in [0.1, 0.15) is 11.3 Å². The second-order valence-electron chi connectivity index (χ2n) is 5.61. The molecule has 0 saturated heterocycles. The van der Waals surface area contributed by atoms with E-state index in [1.54, 1.807) is 12.1 Å². The third-order valence-corrected chi connectivity index (χ3v) is 3.91. The number of hydrogen-bond acceptors (Lipinski definition) is 3. The largest absolute Gasteiger partial charge is 0.507 e. The molecule has 21 heavy (non-hydrogen) atoms. The Morgan fingerprint density at radius 1 is 0.952 bits per heavy atom. The van der Waals surface area contributed by atoms with Gasteiger partial charge in [-0.1, -0.05) is 51.5 Å². The molecule has 0 bridgehead atoms. The summed E-state index contributed by atoms with van der Waals surface area (Å²) in [6.45, 7) is 2.23. The molecule has 0 aliphatic carbocycles. The lowest BCUT2D eigenvalue weighted by atomic mass is 10.0. The number of rotatable bonds is 8. The second kappa shape index (κ2) is 7.87. The molecule has 1 aromatic heterocycles. The molecule has 0 radical (unpaired) electrons. The fourth-order valence-electron chi connectivity index (χ4n) is 2.65. The van der Waals surface area contributed by atoms with Gasteiger partial charge in [0.25, 0.3) is 0 Å². The maximum Gasteiger partial charge on any atom is 0.336 e. The maximum atomic E-state index is 11.2. The van der Waals surface area contributed by atoms with Crippen LogP contribution in [0, 0.1) is 0 Å². The molecule has 1 N–H and O–H groups in total. The van der Waals surface area contributed by atoms with E-state index in [4.69, 9.17) is 4.42 Å². The number of hydrogen-bond donors (Lipinski definition) is 1. The Labute approximate surface area is 125 Å². The number of aromatic hydroxyl groups is 1. The van der Waals surface area contributed by atoms with Crippen molar-refractivity contribution >= 4 is 11.0 Å². The molecule has 3 heteroatoms. The van der Waals surface area contributed by atoms with Crippen LogP contribution in [-0.2, 0) is 6.42 Å². The van der Waals surface area contributed by atoms with Crippen LogP contribution in [0.4, 0.5) is 0 Å². The van der Waals surface area contributed by atoms with E-state index in [1.807, 2.05) is 6.07 Å². The summed E-state index contributed by atoms with van der Waals surface area (Å²) in [6.07, 6.45) is 9.67. The van der Waals surface area contributed by atoms with Gasteiger partial charge in [0.05, 0.1) is 5.39 Å². The lowest BCUT2D eigenvalue weighted by molar-refractivity contribution is 0.469. The highest BCUT2D eigenvalue weighted by Gasteiger charge is 2.08. The van der Waals surface area contributed by atoms with Crippen LogP contribution < -0.4 is 5.63 Å². The zero-order chi connectivity index (χ0) is 15.1. The van der Waals surface area contributed by atoms with Gasteiger partial charge < -0.3 is 9.52 Å². The van der Waals surface area contributed by atoms with E-state index in [1.165, 1.54) is 44.6 Å². The van der Waals surface area contributed by atoms with E-state index < -0.39 is 0 Å². The Balaban J connectivity index is 1.89. The summed E-state index contributed by atoms with van der Waals surface area (Å²) in [5, 5.41) is 10.9. The quantitative estimate of drug-likeness (QED) is 0.561. The van der Waals surface area contributed by atoms with E-state index in [-0.39, 0.29) is 11.4 Å². The van der Waals surface area contributed by atoms with Crippen LogP contribution in [0.15, 0.2) is 33.5 Å². The van der Waals surface area contributed by atoms with Crippen molar-refractivity contribution < 1.29 is 9.52 Å². The Bertz CT molecular complexity index is 628. The third kappa shape index (κ3) is 4.35. The van der Waals surface area contributed by atoms with Crippen molar-refractivity contribution in [2.24, 2.45) is 0 Å². The third-order valence-electron chi connectivity index (χ3n) is 3.91. The molecule has 0 amide bonds. The maximum absolute atomic E-state index is 11.2. The monoisotopic (exact) mass is 288 g/mol. The van der Waals surface area contributed by atoms with Crippen molar-refractivity contribution in [1.82, 2.24) is 0 Å². The minimum atomic E-state index is -0.387. The van der Waals surface area contributed by atoms with Crippen LogP contribution in [0.2, 0.25) is 0 Å². The summed E-state index contributed by atoms with van der Waals surface area (Å²) < 4.78 is 5.06. The van der Waals surface area contributed by atoms with Crippen LogP contribution in [-0.4, -0.2) is 5.11 Å². The molecular weight excluding hydrogens is 264 g/mol. The van der Waals surface area contributed by atoms with Crippen molar-refractivity contribution in [3.8, 4) is 5.75 Å². The Morgan fingerprint density at radius 3 is 2.43 bits per heavy atom. The number of aryl methyl sites for hydroxylation is 1. The van der Waals surface area contributed by atoms with Gasteiger partial charge in [-0.2, -0.15) is 0 Å². The summed E-state index contributed by atoms with van der Waals surface area (Å²) in [6, 6.07) is 6.61. The Morgan fingerprint density at radius 2 is 1.67 bits per heavy atom. The molecule has 1 heterocycles. The molecule has 114 valence electrons. The molecule has 3 nitrogen and oxygen atoms in total. The second-order valence-corrected chi connectivity index (χ2v) is 5.61. The van der Waals surface area contributed by atoms with Crippen LogP contribution in [0.1, 0.15) is 57.4 Å². The predicted octanol–water partition coefficient (Wildman–Crippen LogP) is 4.79. The van der Waals surface area contributed by atoms with Gasteiger partial charge in [-0.05, 0) is 30.5 Å². The van der Waals surface area contributed by atoms with E-state index in [2.05, 4.69) is 6.92 Å². The number of benzene rings is 1. The zero-order valence-electron chi connectivity index (χ0n) is 12.7. The minimum absolute atomic E-state index is 0.252. The van der Waals surface area contributed by atoms with Crippen molar-refractivity contribution in [2.45, 2.75) is 58.3 Å². The SMILES string of the molecule is CCCCCCCCCc1ccc2oc(=O)ccc2c1O.